The van der Waals surface area contributed by atoms with Crippen LogP contribution in [0.4, 0.5) is 4.39 Å². The largest absolute Gasteiger partial charge is 0.354 e. The summed E-state index contributed by atoms with van der Waals surface area (Å²) in [4.78, 5) is 10.2. The van der Waals surface area contributed by atoms with Crippen LogP contribution in [-0.2, 0) is 21.4 Å². The van der Waals surface area contributed by atoms with E-state index in [1.165, 1.54) is 30.3 Å². The van der Waals surface area contributed by atoms with Gasteiger partial charge in [-0.3, -0.25) is 4.79 Å². The van der Waals surface area contributed by atoms with Crippen molar-refractivity contribution in [3.63, 3.8) is 0 Å². The van der Waals surface area contributed by atoms with Crippen molar-refractivity contribution >= 4 is 16.4 Å². The number of halogens is 1. The molecule has 2 rings (SSSR count). The van der Waals surface area contributed by atoms with E-state index >= 15 is 0 Å². The van der Waals surface area contributed by atoms with Gasteiger partial charge in [-0.1, -0.05) is 24.3 Å². The van der Waals surface area contributed by atoms with Crippen LogP contribution < -0.4 is 10.5 Å². The zero-order valence-corrected chi connectivity index (χ0v) is 11.7. The number of hydrogen-bond donors (Lipinski definition) is 2. The molecule has 21 heavy (non-hydrogen) atoms. The van der Waals surface area contributed by atoms with Crippen LogP contribution in [0.15, 0.2) is 47.4 Å². The van der Waals surface area contributed by atoms with E-state index in [0.717, 1.165) is 0 Å². The summed E-state index contributed by atoms with van der Waals surface area (Å²) in [6.45, 7) is 0.0901. The Morgan fingerprint density at radius 3 is 2.48 bits per heavy atom. The van der Waals surface area contributed by atoms with E-state index in [1.54, 1.807) is 12.1 Å². The highest BCUT2D eigenvalue weighted by molar-refractivity contribution is 7.89. The van der Waals surface area contributed by atoms with Gasteiger partial charge in [0.25, 0.3) is 0 Å². The molecule has 0 aliphatic rings. The van der Waals surface area contributed by atoms with Crippen LogP contribution in [0.25, 0.3) is 11.1 Å². The Labute approximate surface area is 121 Å². The van der Waals surface area contributed by atoms with Crippen LogP contribution in [0.2, 0.25) is 0 Å². The molecule has 0 atom stereocenters. The maximum Gasteiger partial charge on any atom is 0.238 e. The van der Waals surface area contributed by atoms with Crippen LogP contribution in [0.1, 0.15) is 5.56 Å². The van der Waals surface area contributed by atoms with Gasteiger partial charge in [-0.25, -0.2) is 17.9 Å². The molecule has 2 aromatic rings. The molecule has 5 nitrogen and oxygen atoms in total. The molecule has 0 heterocycles. The number of nitrogens with one attached hydrogen (secondary N) is 1. The van der Waals surface area contributed by atoms with E-state index < -0.39 is 15.8 Å². The van der Waals surface area contributed by atoms with E-state index in [0.29, 0.717) is 23.1 Å². The Balaban J connectivity index is 2.39. The summed E-state index contributed by atoms with van der Waals surface area (Å²) in [5, 5.41) is 7.45. The van der Waals surface area contributed by atoms with Crippen molar-refractivity contribution in [1.29, 1.82) is 0 Å². The van der Waals surface area contributed by atoms with Crippen LogP contribution >= 0.6 is 0 Å². The molecule has 3 N–H and O–H groups in total. The topological polar surface area (TPSA) is 89.3 Å². The minimum atomic E-state index is -3.81. The Hall–Kier alpha value is -2.25. The number of benzene rings is 2. The maximum absolute atomic E-state index is 13.9. The molecular weight excluding hydrogens is 295 g/mol. The monoisotopic (exact) mass is 308 g/mol. The first-order valence-corrected chi connectivity index (χ1v) is 7.55. The summed E-state index contributed by atoms with van der Waals surface area (Å²) in [6.07, 6.45) is 0.489. The third kappa shape index (κ3) is 3.65. The molecule has 0 spiro atoms. The lowest BCUT2D eigenvalue weighted by Crippen LogP contribution is -2.12. The average Bonchev–Trinajstić information content (AvgIpc) is 2.45. The van der Waals surface area contributed by atoms with Crippen molar-refractivity contribution in [2.24, 2.45) is 5.14 Å². The van der Waals surface area contributed by atoms with Crippen molar-refractivity contribution in [2.45, 2.75) is 11.4 Å². The lowest BCUT2D eigenvalue weighted by Gasteiger charge is -2.07. The number of carbonyl (C=O) groups excluding carboxylic acids is 1. The molecule has 0 fully saturated rings. The summed E-state index contributed by atoms with van der Waals surface area (Å²) in [5.41, 5.74) is 1.40. The molecule has 1 amide bonds. The molecule has 0 unspecified atom stereocenters. The SMILES string of the molecule is NS(=O)(=O)c1cccc(-c2ccc(CNC=O)c(F)c2)c1. The number of rotatable bonds is 5. The summed E-state index contributed by atoms with van der Waals surface area (Å²) in [6, 6.07) is 10.4. The standard InChI is InChI=1S/C14H13FN2O3S/c15-14-7-11(4-5-12(14)8-17-9-18)10-2-1-3-13(6-10)21(16,19)20/h1-7,9H,8H2,(H,17,18)(H2,16,19,20). The molecule has 110 valence electrons. The predicted molar refractivity (Wildman–Crippen MR) is 76.1 cm³/mol. The fourth-order valence-corrected chi connectivity index (χ4v) is 2.43. The fraction of sp³-hybridized carbons (Fsp3) is 0.0714. The normalized spacial score (nSPS) is 11.1. The predicted octanol–water partition coefficient (Wildman–Crippen LogP) is 1.39. The van der Waals surface area contributed by atoms with Gasteiger partial charge in [0.2, 0.25) is 16.4 Å². The van der Waals surface area contributed by atoms with Crippen molar-refractivity contribution in [3.8, 4) is 11.1 Å². The van der Waals surface area contributed by atoms with Gasteiger partial charge >= 0.3 is 0 Å². The van der Waals surface area contributed by atoms with E-state index in [9.17, 15) is 17.6 Å². The minimum Gasteiger partial charge on any atom is -0.354 e. The first-order valence-electron chi connectivity index (χ1n) is 6.00. The fourth-order valence-electron chi connectivity index (χ4n) is 1.87. The second kappa shape index (κ2) is 6.02. The summed E-state index contributed by atoms with van der Waals surface area (Å²) in [5.74, 6) is -0.483. The molecule has 0 saturated carbocycles. The van der Waals surface area contributed by atoms with Gasteiger partial charge in [0.1, 0.15) is 5.82 Å². The van der Waals surface area contributed by atoms with E-state index in [2.05, 4.69) is 5.32 Å². The Kier molecular flexibility index (Phi) is 4.35. The lowest BCUT2D eigenvalue weighted by molar-refractivity contribution is -0.109. The number of hydrogen-bond acceptors (Lipinski definition) is 3. The van der Waals surface area contributed by atoms with Crippen LogP contribution in [0.5, 0.6) is 0 Å². The maximum atomic E-state index is 13.9. The number of sulfonamides is 1. The zero-order chi connectivity index (χ0) is 15.5. The minimum absolute atomic E-state index is 0.0351. The second-order valence-corrected chi connectivity index (χ2v) is 5.94. The Morgan fingerprint density at radius 1 is 1.14 bits per heavy atom. The highest BCUT2D eigenvalue weighted by atomic mass is 32.2. The molecule has 0 bridgehead atoms. The summed E-state index contributed by atoms with van der Waals surface area (Å²) < 4.78 is 36.5. The molecular formula is C14H13FN2O3S. The molecule has 0 aliphatic carbocycles. The average molecular weight is 308 g/mol. The van der Waals surface area contributed by atoms with Gasteiger partial charge in [-0.2, -0.15) is 0 Å². The van der Waals surface area contributed by atoms with Crippen molar-refractivity contribution in [3.05, 3.63) is 53.8 Å². The smallest absolute Gasteiger partial charge is 0.238 e. The summed E-state index contributed by atoms with van der Waals surface area (Å²) in [7, 11) is -3.81. The molecule has 0 aromatic heterocycles. The molecule has 0 aliphatic heterocycles. The van der Waals surface area contributed by atoms with E-state index in [4.69, 9.17) is 5.14 Å². The van der Waals surface area contributed by atoms with Gasteiger partial charge in [0, 0.05) is 12.1 Å². The Bertz CT molecular complexity index is 776. The van der Waals surface area contributed by atoms with Gasteiger partial charge < -0.3 is 5.32 Å². The van der Waals surface area contributed by atoms with Crippen LogP contribution in [-0.4, -0.2) is 14.8 Å². The molecule has 7 heteroatoms. The van der Waals surface area contributed by atoms with Gasteiger partial charge in [-0.05, 0) is 29.3 Å². The Morgan fingerprint density at radius 2 is 1.86 bits per heavy atom. The van der Waals surface area contributed by atoms with Crippen molar-refractivity contribution in [2.75, 3.05) is 0 Å². The zero-order valence-electron chi connectivity index (χ0n) is 10.9. The number of carbonyl (C=O) groups is 1. The highest BCUT2D eigenvalue weighted by Crippen LogP contribution is 2.24. The van der Waals surface area contributed by atoms with Crippen LogP contribution in [0, 0.1) is 5.82 Å². The quantitative estimate of drug-likeness (QED) is 0.818. The number of amides is 1. The van der Waals surface area contributed by atoms with Crippen molar-refractivity contribution < 1.29 is 17.6 Å². The summed E-state index contributed by atoms with van der Waals surface area (Å²) >= 11 is 0. The van der Waals surface area contributed by atoms with Crippen molar-refractivity contribution in [1.82, 2.24) is 5.32 Å². The van der Waals surface area contributed by atoms with Gasteiger partial charge in [0.15, 0.2) is 0 Å². The first-order chi connectivity index (χ1) is 9.91. The number of nitrogens with two attached hydrogens (primary N) is 1. The van der Waals surface area contributed by atoms with Gasteiger partial charge in [0.05, 0.1) is 4.90 Å². The van der Waals surface area contributed by atoms with E-state index in [1.807, 2.05) is 0 Å². The van der Waals surface area contributed by atoms with Gasteiger partial charge in [-0.15, -0.1) is 0 Å². The first kappa shape index (κ1) is 15.1. The molecule has 0 radical (unpaired) electrons. The lowest BCUT2D eigenvalue weighted by atomic mass is 10.0. The molecule has 0 saturated heterocycles. The number of primary sulfonamides is 1. The van der Waals surface area contributed by atoms with Crippen LogP contribution in [0.3, 0.4) is 0 Å². The third-order valence-electron chi connectivity index (χ3n) is 2.92. The molecule has 2 aromatic carbocycles. The van der Waals surface area contributed by atoms with E-state index in [-0.39, 0.29) is 11.4 Å². The second-order valence-electron chi connectivity index (χ2n) is 4.38. The third-order valence-corrected chi connectivity index (χ3v) is 3.84. The highest BCUT2D eigenvalue weighted by Gasteiger charge is 2.10.